The molecule has 0 spiro atoms. The van der Waals surface area contributed by atoms with E-state index >= 15 is 0 Å². The number of aliphatic hydroxyl groups is 2. The summed E-state index contributed by atoms with van der Waals surface area (Å²) >= 11 is 4.28. The Bertz CT molecular complexity index is 163. The van der Waals surface area contributed by atoms with E-state index in [4.69, 9.17) is 4.74 Å². The number of thiol groups is 1. The monoisotopic (exact) mass is 221 g/mol. The Hall–Kier alpha value is 0.157. The molecule has 0 aromatic heterocycles. The molecule has 0 rings (SSSR count). The molecule has 0 aliphatic carbocycles. The van der Waals surface area contributed by atoms with E-state index in [1.54, 1.807) is 6.92 Å². The minimum absolute atomic E-state index is 0.00435. The van der Waals surface area contributed by atoms with E-state index in [9.17, 15) is 10.2 Å². The van der Waals surface area contributed by atoms with Gasteiger partial charge in [0, 0.05) is 11.5 Å². The second-order valence-corrected chi connectivity index (χ2v) is 5.25. The number of hydrogen-bond acceptors (Lipinski definition) is 4. The van der Waals surface area contributed by atoms with E-state index in [1.807, 2.05) is 0 Å². The zero-order chi connectivity index (χ0) is 10.3. The van der Waals surface area contributed by atoms with Crippen LogP contribution in [0.15, 0.2) is 0 Å². The number of rotatable bonds is 6. The Morgan fingerprint density at radius 1 is 1.54 bits per heavy atom. The molecule has 0 aliphatic heterocycles. The molecule has 0 heterocycles. The highest BCUT2D eigenvalue weighted by Gasteiger charge is 2.10. The Labute approximate surface area is 87.0 Å². The fraction of sp³-hybridized carbons (Fsp3) is 0.875. The molecule has 0 fully saturated rings. The van der Waals surface area contributed by atoms with Gasteiger partial charge in [-0.2, -0.15) is 12.6 Å². The maximum atomic E-state index is 9.35. The van der Waals surface area contributed by atoms with Crippen molar-refractivity contribution >= 4 is 27.1 Å². The summed E-state index contributed by atoms with van der Waals surface area (Å²) in [5.41, 5.74) is 0. The summed E-state index contributed by atoms with van der Waals surface area (Å²) < 4.78 is 4.82. The van der Waals surface area contributed by atoms with Crippen molar-refractivity contribution in [1.29, 1.82) is 0 Å². The van der Waals surface area contributed by atoms with Crippen molar-refractivity contribution in [1.82, 2.24) is 0 Å². The van der Waals surface area contributed by atoms with Gasteiger partial charge < -0.3 is 14.9 Å². The average Bonchev–Trinajstić information content (AvgIpc) is 2.05. The lowest BCUT2D eigenvalue weighted by Crippen LogP contribution is -2.28. The van der Waals surface area contributed by atoms with Gasteiger partial charge in [-0.15, -0.1) is 0 Å². The normalized spacial score (nSPS) is 17.1. The van der Waals surface area contributed by atoms with Crippen molar-refractivity contribution in [3.63, 3.8) is 0 Å². The average molecular weight is 221 g/mol. The van der Waals surface area contributed by atoms with Crippen molar-refractivity contribution in [2.24, 2.45) is 0 Å². The highest BCUT2D eigenvalue weighted by molar-refractivity contribution is 7.82. The van der Waals surface area contributed by atoms with Crippen LogP contribution in [-0.4, -0.2) is 42.5 Å². The van der Waals surface area contributed by atoms with E-state index in [-0.39, 0.29) is 19.4 Å². The molecule has 2 N–H and O–H groups in total. The third-order valence-electron chi connectivity index (χ3n) is 1.44. The molecule has 0 aliphatic rings. The van der Waals surface area contributed by atoms with Crippen LogP contribution in [0.2, 0.25) is 0 Å². The van der Waals surface area contributed by atoms with E-state index in [0.717, 1.165) is 12.8 Å². The smallest absolute Gasteiger partial charge is 0.208 e. The molecule has 2 unspecified atom stereocenters. The Morgan fingerprint density at radius 2 is 2.15 bits per heavy atom. The van der Waals surface area contributed by atoms with Gasteiger partial charge in [0.1, 0.15) is 5.35 Å². The van der Waals surface area contributed by atoms with Crippen LogP contribution in [0.3, 0.4) is 0 Å². The Balaban J connectivity index is 3.97. The molecule has 0 amide bonds. The molecule has 13 heavy (non-hydrogen) atoms. The summed E-state index contributed by atoms with van der Waals surface area (Å²) in [5, 5.41) is 18.5. The second kappa shape index (κ2) is 7.55. The van der Waals surface area contributed by atoms with Crippen LogP contribution < -0.4 is 0 Å². The van der Waals surface area contributed by atoms with Crippen molar-refractivity contribution in [2.45, 2.75) is 37.9 Å². The zero-order valence-electron chi connectivity index (χ0n) is 8.03. The molecular weight excluding hydrogens is 204 g/mol. The maximum Gasteiger partial charge on any atom is 0.208 e. The van der Waals surface area contributed by atoms with Crippen LogP contribution in [0, 0.1) is 0 Å². The van der Waals surface area contributed by atoms with Crippen molar-refractivity contribution in [3.8, 4) is 0 Å². The van der Waals surface area contributed by atoms with Gasteiger partial charge in [-0.25, -0.2) is 0 Å². The number of hydrogen-bond donors (Lipinski definition) is 3. The first kappa shape index (κ1) is 13.2. The highest BCUT2D eigenvalue weighted by Crippen LogP contribution is 2.00. The minimum Gasteiger partial charge on any atom is -0.513 e. The SMILES string of the molecule is CCCC(S)[Si]=C(O)C(O)OCC. The summed E-state index contributed by atoms with van der Waals surface area (Å²) in [4.78, 5) is 0.125. The van der Waals surface area contributed by atoms with Crippen LogP contribution in [0.5, 0.6) is 0 Å². The molecule has 0 aromatic carbocycles. The van der Waals surface area contributed by atoms with Gasteiger partial charge in [-0.05, 0) is 13.3 Å². The minimum atomic E-state index is -1.14. The lowest BCUT2D eigenvalue weighted by Gasteiger charge is -2.10. The molecular formula is C8H17O3SSi. The second-order valence-electron chi connectivity index (χ2n) is 2.64. The van der Waals surface area contributed by atoms with Gasteiger partial charge >= 0.3 is 0 Å². The van der Waals surface area contributed by atoms with E-state index in [2.05, 4.69) is 19.6 Å². The summed E-state index contributed by atoms with van der Waals surface area (Å²) in [6, 6.07) is 0. The first-order valence-corrected chi connectivity index (χ1v) is 6.01. The largest absolute Gasteiger partial charge is 0.513 e. The predicted molar refractivity (Wildman–Crippen MR) is 58.0 cm³/mol. The predicted octanol–water partition coefficient (Wildman–Crippen LogP) is 0.604. The fourth-order valence-electron chi connectivity index (χ4n) is 0.824. The summed E-state index contributed by atoms with van der Waals surface area (Å²) in [6.07, 6.45) is 0.818. The molecule has 3 nitrogen and oxygen atoms in total. The Morgan fingerprint density at radius 3 is 2.62 bits per heavy atom. The van der Waals surface area contributed by atoms with Crippen molar-refractivity contribution in [3.05, 3.63) is 0 Å². The Kier molecular flexibility index (Phi) is 7.64. The molecule has 0 bridgehead atoms. The third-order valence-corrected chi connectivity index (χ3v) is 3.25. The van der Waals surface area contributed by atoms with Crippen molar-refractivity contribution < 1.29 is 14.9 Å². The van der Waals surface area contributed by atoms with Gasteiger partial charge in [0.2, 0.25) is 6.29 Å². The topological polar surface area (TPSA) is 49.7 Å². The molecule has 0 aromatic rings. The fourth-order valence-corrected chi connectivity index (χ4v) is 2.48. The van der Waals surface area contributed by atoms with Crippen LogP contribution in [0.1, 0.15) is 26.7 Å². The first-order chi connectivity index (χ1) is 6.11. The van der Waals surface area contributed by atoms with E-state index in [1.165, 1.54) is 0 Å². The van der Waals surface area contributed by atoms with E-state index in [0.29, 0.717) is 6.61 Å². The molecule has 1 radical (unpaired) electrons. The van der Waals surface area contributed by atoms with E-state index < -0.39 is 6.29 Å². The maximum absolute atomic E-state index is 9.35. The summed E-state index contributed by atoms with van der Waals surface area (Å²) in [7, 11) is 0.138. The zero-order valence-corrected chi connectivity index (χ0v) is 9.92. The standard InChI is InChI=1S/C8H17O3SSi/c1-3-5-6(12)13-8(10)7(9)11-4-2/h6-7,9-10,12H,3-5H2,1-2H3. The third kappa shape index (κ3) is 6.26. The van der Waals surface area contributed by atoms with Gasteiger partial charge in [0.25, 0.3) is 0 Å². The van der Waals surface area contributed by atoms with Gasteiger partial charge in [0.15, 0.2) is 0 Å². The van der Waals surface area contributed by atoms with Crippen LogP contribution in [-0.2, 0) is 4.74 Å². The van der Waals surface area contributed by atoms with Crippen LogP contribution >= 0.6 is 12.6 Å². The number of ether oxygens (including phenoxy) is 1. The van der Waals surface area contributed by atoms with Gasteiger partial charge in [-0.3, -0.25) is 0 Å². The molecule has 77 valence electrons. The van der Waals surface area contributed by atoms with Crippen molar-refractivity contribution in [2.75, 3.05) is 6.61 Å². The molecule has 0 saturated heterocycles. The molecule has 2 atom stereocenters. The lowest BCUT2D eigenvalue weighted by molar-refractivity contribution is -0.0520. The number of aliphatic hydroxyl groups excluding tert-OH is 2. The highest BCUT2D eigenvalue weighted by atomic mass is 32.1. The van der Waals surface area contributed by atoms with Gasteiger partial charge in [0.05, 0.1) is 9.13 Å². The lowest BCUT2D eigenvalue weighted by atomic mass is 10.4. The molecule has 0 saturated carbocycles. The molecule has 5 heteroatoms. The first-order valence-electron chi connectivity index (χ1n) is 4.41. The summed E-state index contributed by atoms with van der Waals surface area (Å²) in [6.45, 7) is 4.22. The quantitative estimate of drug-likeness (QED) is 0.350. The van der Waals surface area contributed by atoms with Gasteiger partial charge in [-0.1, -0.05) is 13.3 Å². The summed E-state index contributed by atoms with van der Waals surface area (Å²) in [5.74, 6) is 0. The van der Waals surface area contributed by atoms with Crippen LogP contribution in [0.25, 0.3) is 0 Å². The van der Waals surface area contributed by atoms with Crippen LogP contribution in [0.4, 0.5) is 0 Å².